The van der Waals surface area contributed by atoms with Gasteiger partial charge in [0.25, 0.3) is 5.91 Å². The number of hydrogen-bond donors (Lipinski definition) is 2. The van der Waals surface area contributed by atoms with E-state index in [1.54, 1.807) is 0 Å². The number of amides is 1. The fourth-order valence-electron chi connectivity index (χ4n) is 3.12. The van der Waals surface area contributed by atoms with Crippen LogP contribution in [0, 0.1) is 5.92 Å². The first kappa shape index (κ1) is 16.8. The molecule has 1 fully saturated rings. The quantitative estimate of drug-likeness (QED) is 0.841. The van der Waals surface area contributed by atoms with Gasteiger partial charge in [-0.3, -0.25) is 4.79 Å². The minimum absolute atomic E-state index is 0.125. The molecule has 122 valence electrons. The molecule has 4 nitrogen and oxygen atoms in total. The van der Waals surface area contributed by atoms with Gasteiger partial charge in [-0.15, -0.1) is 0 Å². The molecule has 1 aliphatic rings. The Balaban J connectivity index is 1.84. The number of likely N-dealkylation sites (tertiary alicyclic amines) is 1. The van der Waals surface area contributed by atoms with Gasteiger partial charge < -0.3 is 15.1 Å². The normalized spacial score (nSPS) is 21.4. The number of piperidine rings is 1. The maximum absolute atomic E-state index is 12.2. The van der Waals surface area contributed by atoms with Crippen LogP contribution in [0.1, 0.15) is 33.6 Å². The predicted molar refractivity (Wildman–Crippen MR) is 92.6 cm³/mol. The van der Waals surface area contributed by atoms with Crippen molar-refractivity contribution in [3.05, 3.63) is 24.3 Å². The van der Waals surface area contributed by atoms with Gasteiger partial charge >= 0.3 is 0 Å². The molecule has 1 aromatic carbocycles. The summed E-state index contributed by atoms with van der Waals surface area (Å²) in [6.45, 7) is 11.4. The molecule has 1 aromatic rings. The molecule has 22 heavy (non-hydrogen) atoms. The van der Waals surface area contributed by atoms with Crippen molar-refractivity contribution in [3.63, 3.8) is 0 Å². The maximum Gasteiger partial charge on any atom is 0.279 e. The van der Waals surface area contributed by atoms with Crippen LogP contribution in [0.5, 0.6) is 0 Å². The van der Waals surface area contributed by atoms with Gasteiger partial charge in [-0.25, -0.2) is 0 Å². The van der Waals surface area contributed by atoms with Crippen LogP contribution < -0.4 is 15.1 Å². The topological polar surface area (TPSA) is 36.8 Å². The Bertz CT molecular complexity index is 460. The standard InChI is InChI=1S/C18H29N3O/c1-4-21(5-2)17-8-6-16(7-9-17)19-18(22)14-20-12-10-15(3)11-13-20/h6-9,15H,4-5,10-14H2,1-3H3,(H,19,22)/p+1. The number of rotatable bonds is 6. The number of nitrogens with one attached hydrogen (secondary N) is 2. The lowest BCUT2D eigenvalue weighted by atomic mass is 9.99. The van der Waals surface area contributed by atoms with Gasteiger partial charge in [-0.1, -0.05) is 6.92 Å². The Kier molecular flexibility index (Phi) is 6.25. The van der Waals surface area contributed by atoms with E-state index in [-0.39, 0.29) is 5.91 Å². The Morgan fingerprint density at radius 2 is 1.77 bits per heavy atom. The lowest BCUT2D eigenvalue weighted by Crippen LogP contribution is -3.14. The van der Waals surface area contributed by atoms with E-state index in [0.29, 0.717) is 6.54 Å². The molecule has 2 rings (SSSR count). The van der Waals surface area contributed by atoms with E-state index in [2.05, 4.69) is 43.1 Å². The second-order valence-electron chi connectivity index (χ2n) is 6.38. The van der Waals surface area contributed by atoms with Crippen molar-refractivity contribution in [2.75, 3.05) is 42.9 Å². The highest BCUT2D eigenvalue weighted by Crippen LogP contribution is 2.17. The molecule has 0 unspecified atom stereocenters. The molecular formula is C18H30N3O+. The van der Waals surface area contributed by atoms with Crippen LogP contribution in [0.25, 0.3) is 0 Å². The number of quaternary nitrogens is 1. The average Bonchev–Trinajstić information content (AvgIpc) is 2.52. The zero-order chi connectivity index (χ0) is 15.9. The fourth-order valence-corrected chi connectivity index (χ4v) is 3.12. The third kappa shape index (κ3) is 4.73. The number of anilines is 2. The highest BCUT2D eigenvalue weighted by molar-refractivity contribution is 5.91. The number of hydrogen-bond acceptors (Lipinski definition) is 2. The van der Waals surface area contributed by atoms with Crippen LogP contribution in [0.2, 0.25) is 0 Å². The second kappa shape index (κ2) is 8.18. The molecule has 0 atom stereocenters. The average molecular weight is 304 g/mol. The van der Waals surface area contributed by atoms with E-state index in [9.17, 15) is 4.79 Å². The number of benzene rings is 1. The second-order valence-corrected chi connectivity index (χ2v) is 6.38. The van der Waals surface area contributed by atoms with Crippen molar-refractivity contribution in [1.82, 2.24) is 0 Å². The molecule has 0 aliphatic carbocycles. The molecule has 1 aliphatic heterocycles. The molecule has 2 N–H and O–H groups in total. The van der Waals surface area contributed by atoms with Crippen molar-refractivity contribution < 1.29 is 9.69 Å². The summed E-state index contributed by atoms with van der Waals surface area (Å²) in [4.78, 5) is 15.9. The summed E-state index contributed by atoms with van der Waals surface area (Å²) in [5.74, 6) is 0.944. The summed E-state index contributed by atoms with van der Waals surface area (Å²) in [7, 11) is 0. The molecule has 4 heteroatoms. The summed E-state index contributed by atoms with van der Waals surface area (Å²) in [5.41, 5.74) is 2.10. The monoisotopic (exact) mass is 304 g/mol. The zero-order valence-electron chi connectivity index (χ0n) is 14.2. The molecule has 1 saturated heterocycles. The molecule has 0 bridgehead atoms. The molecular weight excluding hydrogens is 274 g/mol. The Hall–Kier alpha value is -1.55. The SMILES string of the molecule is CCN(CC)c1ccc(NC(=O)C[NH+]2CCC(C)CC2)cc1. The van der Waals surface area contributed by atoms with Gasteiger partial charge in [0.2, 0.25) is 0 Å². The maximum atomic E-state index is 12.2. The van der Waals surface area contributed by atoms with E-state index in [4.69, 9.17) is 0 Å². The molecule has 0 spiro atoms. The lowest BCUT2D eigenvalue weighted by molar-refractivity contribution is -0.897. The largest absolute Gasteiger partial charge is 0.372 e. The van der Waals surface area contributed by atoms with Crippen molar-refractivity contribution in [1.29, 1.82) is 0 Å². The summed E-state index contributed by atoms with van der Waals surface area (Å²) in [6.07, 6.45) is 2.47. The van der Waals surface area contributed by atoms with Gasteiger partial charge in [0.15, 0.2) is 6.54 Å². The van der Waals surface area contributed by atoms with E-state index >= 15 is 0 Å². The van der Waals surface area contributed by atoms with Crippen molar-refractivity contribution in [2.45, 2.75) is 33.6 Å². The minimum Gasteiger partial charge on any atom is -0.372 e. The molecule has 1 amide bonds. The first-order valence-corrected chi connectivity index (χ1v) is 8.60. The Morgan fingerprint density at radius 3 is 2.32 bits per heavy atom. The number of carbonyl (C=O) groups excluding carboxylic acids is 1. The first-order valence-electron chi connectivity index (χ1n) is 8.60. The minimum atomic E-state index is 0.125. The van der Waals surface area contributed by atoms with Gasteiger partial charge in [-0.05, 0) is 56.9 Å². The van der Waals surface area contributed by atoms with Gasteiger partial charge in [-0.2, -0.15) is 0 Å². The van der Waals surface area contributed by atoms with Crippen molar-refractivity contribution in [3.8, 4) is 0 Å². The zero-order valence-corrected chi connectivity index (χ0v) is 14.2. The fraction of sp³-hybridized carbons (Fsp3) is 0.611. The molecule has 0 saturated carbocycles. The van der Waals surface area contributed by atoms with Crippen molar-refractivity contribution in [2.24, 2.45) is 5.92 Å². The predicted octanol–water partition coefficient (Wildman–Crippen LogP) is 1.79. The van der Waals surface area contributed by atoms with Crippen LogP contribution in [0.15, 0.2) is 24.3 Å². The van der Waals surface area contributed by atoms with Crippen LogP contribution in [0.4, 0.5) is 11.4 Å². The lowest BCUT2D eigenvalue weighted by Gasteiger charge is -2.26. The van der Waals surface area contributed by atoms with E-state index in [1.807, 2.05) is 12.1 Å². The van der Waals surface area contributed by atoms with E-state index in [1.165, 1.54) is 23.4 Å². The van der Waals surface area contributed by atoms with Gasteiger partial charge in [0.1, 0.15) is 0 Å². The Morgan fingerprint density at radius 1 is 1.18 bits per heavy atom. The van der Waals surface area contributed by atoms with Crippen LogP contribution >= 0.6 is 0 Å². The van der Waals surface area contributed by atoms with E-state index < -0.39 is 0 Å². The van der Waals surface area contributed by atoms with Crippen LogP contribution in [-0.2, 0) is 4.79 Å². The number of carbonyl (C=O) groups is 1. The van der Waals surface area contributed by atoms with Gasteiger partial charge in [0, 0.05) is 24.5 Å². The van der Waals surface area contributed by atoms with Crippen molar-refractivity contribution >= 4 is 17.3 Å². The third-order valence-electron chi connectivity index (χ3n) is 4.67. The third-order valence-corrected chi connectivity index (χ3v) is 4.67. The highest BCUT2D eigenvalue weighted by atomic mass is 16.2. The molecule has 1 heterocycles. The number of nitrogens with zero attached hydrogens (tertiary/aromatic N) is 1. The van der Waals surface area contributed by atoms with E-state index in [0.717, 1.165) is 37.8 Å². The summed E-state index contributed by atoms with van der Waals surface area (Å²) < 4.78 is 0. The van der Waals surface area contributed by atoms with Crippen LogP contribution in [0.3, 0.4) is 0 Å². The molecule has 0 aromatic heterocycles. The first-order chi connectivity index (χ1) is 10.6. The molecule has 0 radical (unpaired) electrons. The summed E-state index contributed by atoms with van der Waals surface area (Å²) in [6, 6.07) is 8.16. The highest BCUT2D eigenvalue weighted by Gasteiger charge is 2.21. The Labute approximate surface area is 134 Å². The van der Waals surface area contributed by atoms with Crippen LogP contribution in [-0.4, -0.2) is 38.6 Å². The summed E-state index contributed by atoms with van der Waals surface area (Å²) in [5, 5.41) is 3.02. The van der Waals surface area contributed by atoms with Gasteiger partial charge in [0.05, 0.1) is 13.1 Å². The smallest absolute Gasteiger partial charge is 0.279 e. The summed E-state index contributed by atoms with van der Waals surface area (Å²) >= 11 is 0.